The second-order valence-electron chi connectivity index (χ2n) is 7.02. The summed E-state index contributed by atoms with van der Waals surface area (Å²) < 4.78 is 0. The molecule has 3 atom stereocenters. The number of H-pyrrole nitrogens is 1. The summed E-state index contributed by atoms with van der Waals surface area (Å²) in [6.45, 7) is 4.77. The smallest absolute Gasteiger partial charge is 0.279 e. The summed E-state index contributed by atoms with van der Waals surface area (Å²) in [5.74, 6) is 0.137. The van der Waals surface area contributed by atoms with E-state index in [2.05, 4.69) is 26.9 Å². The van der Waals surface area contributed by atoms with Crippen LogP contribution in [0.5, 0.6) is 0 Å². The molecule has 7 N–H and O–H groups in total. The fourth-order valence-corrected chi connectivity index (χ4v) is 3.24. The van der Waals surface area contributed by atoms with Crippen molar-refractivity contribution in [1.82, 2.24) is 9.97 Å². The first-order valence-electron chi connectivity index (χ1n) is 9.36. The third kappa shape index (κ3) is 4.20. The number of aliphatic hydroxyl groups excluding tert-OH is 5. The summed E-state index contributed by atoms with van der Waals surface area (Å²) in [5, 5.41) is 51.5. The van der Waals surface area contributed by atoms with Gasteiger partial charge in [-0.2, -0.15) is 0 Å². The van der Waals surface area contributed by atoms with E-state index in [4.69, 9.17) is 10.2 Å². The second kappa shape index (κ2) is 8.90. The Morgan fingerprint density at radius 2 is 1.97 bits per heavy atom. The predicted octanol–water partition coefficient (Wildman–Crippen LogP) is -2.63. The van der Waals surface area contributed by atoms with Crippen molar-refractivity contribution in [2.24, 2.45) is 4.99 Å². The van der Waals surface area contributed by atoms with Gasteiger partial charge in [0.15, 0.2) is 11.2 Å². The normalized spacial score (nSPS) is 15.6. The molecule has 0 aliphatic carbocycles. The van der Waals surface area contributed by atoms with Crippen LogP contribution in [0.25, 0.3) is 6.58 Å². The molecule has 1 aliphatic rings. The first-order chi connectivity index (χ1) is 14.3. The number of hydrogen-bond donors (Lipinski definition) is 7. The lowest BCUT2D eigenvalue weighted by Gasteiger charge is -2.32. The third-order valence-electron chi connectivity index (χ3n) is 4.80. The van der Waals surface area contributed by atoms with E-state index in [9.17, 15) is 20.1 Å². The number of benzene rings is 1. The highest BCUT2D eigenvalue weighted by molar-refractivity contribution is 5.80. The Balaban J connectivity index is 2.14. The lowest BCUT2D eigenvalue weighted by Crippen LogP contribution is -2.48. The Morgan fingerprint density at radius 3 is 2.63 bits per heavy atom. The quantitative estimate of drug-likeness (QED) is 0.241. The van der Waals surface area contributed by atoms with Gasteiger partial charge in [0.25, 0.3) is 5.56 Å². The van der Waals surface area contributed by atoms with Gasteiger partial charge in [-0.05, 0) is 24.6 Å². The molecule has 3 rings (SSSR count). The molecule has 11 nitrogen and oxygen atoms in total. The van der Waals surface area contributed by atoms with E-state index in [0.29, 0.717) is 23.6 Å². The minimum atomic E-state index is -1.63. The Morgan fingerprint density at radius 1 is 1.23 bits per heavy atom. The van der Waals surface area contributed by atoms with Gasteiger partial charge in [0.2, 0.25) is 0 Å². The van der Waals surface area contributed by atoms with Crippen molar-refractivity contribution in [3.8, 4) is 0 Å². The number of aromatic nitrogens is 2. The van der Waals surface area contributed by atoms with E-state index in [0.717, 1.165) is 5.56 Å². The van der Waals surface area contributed by atoms with Crippen molar-refractivity contribution < 1.29 is 25.5 Å². The first-order valence-corrected chi connectivity index (χ1v) is 9.36. The molecule has 0 amide bonds. The molecule has 1 aliphatic heterocycles. The van der Waals surface area contributed by atoms with Crippen LogP contribution in [0.1, 0.15) is 5.56 Å². The van der Waals surface area contributed by atoms with Gasteiger partial charge in [-0.25, -0.2) is 9.98 Å². The number of hydrogen-bond acceptors (Lipinski definition) is 10. The highest BCUT2D eigenvalue weighted by atomic mass is 16.4. The number of aromatic amines is 1. The molecular weight excluding hydrogens is 394 g/mol. The van der Waals surface area contributed by atoms with Gasteiger partial charge in [-0.3, -0.25) is 4.79 Å². The number of nitrogens with one attached hydrogen (secondary N) is 2. The first kappa shape index (κ1) is 21.9. The number of rotatable bonds is 8. The summed E-state index contributed by atoms with van der Waals surface area (Å²) >= 11 is 0. The lowest BCUT2D eigenvalue weighted by atomic mass is 10.1. The van der Waals surface area contributed by atoms with Gasteiger partial charge in [0.05, 0.1) is 31.1 Å². The Hall–Kier alpha value is -2.83. The SMILES string of the molecule is C=c1nc2c(c(=O)[nH]1)=Nc1cc(C)c(NCCO)cc1N2C[C@H](O)[C@H](O)[C@H](O)CO. The Labute approximate surface area is 171 Å². The van der Waals surface area contributed by atoms with Gasteiger partial charge in [0.1, 0.15) is 23.8 Å². The zero-order valence-corrected chi connectivity index (χ0v) is 16.4. The van der Waals surface area contributed by atoms with Crippen molar-refractivity contribution in [2.45, 2.75) is 25.2 Å². The zero-order valence-electron chi connectivity index (χ0n) is 16.4. The van der Waals surface area contributed by atoms with Crippen molar-refractivity contribution in [3.63, 3.8) is 0 Å². The molecule has 0 fully saturated rings. The standard InChI is InChI=1S/C19H25N5O6/c1-9-5-12-13(6-11(9)20-3-4-25)24(7-14(27)17(29)15(28)8-26)18-16(23-12)19(30)22-10(2)21-18/h5-6,14-15,17,20,25-29H,2-4,7-8H2,1H3,(H,22,30)/t14-,15+,17-/m0/s1. The maximum atomic E-state index is 12.4. The van der Waals surface area contributed by atoms with Crippen molar-refractivity contribution in [3.05, 3.63) is 38.9 Å². The molecule has 1 aromatic heterocycles. The topological polar surface area (TPSA) is 175 Å². The highest BCUT2D eigenvalue weighted by Gasteiger charge is 2.31. The summed E-state index contributed by atoms with van der Waals surface area (Å²) in [7, 11) is 0. The van der Waals surface area contributed by atoms with E-state index < -0.39 is 30.5 Å². The molecule has 0 bridgehead atoms. The summed E-state index contributed by atoms with van der Waals surface area (Å²) in [5.41, 5.74) is 2.06. The summed E-state index contributed by atoms with van der Waals surface area (Å²) in [4.78, 5) is 25.1. The summed E-state index contributed by atoms with van der Waals surface area (Å²) in [6.07, 6.45) is -4.64. The second-order valence-corrected chi connectivity index (χ2v) is 7.02. The van der Waals surface area contributed by atoms with Crippen molar-refractivity contribution in [2.75, 3.05) is 36.5 Å². The molecule has 0 unspecified atom stereocenters. The largest absolute Gasteiger partial charge is 0.395 e. The van der Waals surface area contributed by atoms with Crippen LogP contribution in [-0.2, 0) is 0 Å². The highest BCUT2D eigenvalue weighted by Crippen LogP contribution is 2.38. The molecule has 162 valence electrons. The van der Waals surface area contributed by atoms with Gasteiger partial charge in [0, 0.05) is 12.2 Å². The minimum absolute atomic E-state index is 0.0229. The maximum Gasteiger partial charge on any atom is 0.279 e. The average molecular weight is 419 g/mol. The van der Waals surface area contributed by atoms with Crippen LogP contribution in [-0.4, -0.2) is 80.1 Å². The molecule has 0 radical (unpaired) electrons. The minimum Gasteiger partial charge on any atom is -0.395 e. The number of β-amino-alcohol motifs (C(OH)–C–C–N with tert-alkyl or cyclic N) is 1. The molecule has 0 spiro atoms. The number of aryl methyl sites for hydroxylation is 1. The van der Waals surface area contributed by atoms with Crippen LogP contribution in [0.4, 0.5) is 22.9 Å². The fourth-order valence-electron chi connectivity index (χ4n) is 3.24. The van der Waals surface area contributed by atoms with E-state index >= 15 is 0 Å². The van der Waals surface area contributed by atoms with E-state index in [1.807, 2.05) is 6.92 Å². The van der Waals surface area contributed by atoms with Gasteiger partial charge in [-0.15, -0.1) is 0 Å². The van der Waals surface area contributed by atoms with Gasteiger partial charge >= 0.3 is 0 Å². The van der Waals surface area contributed by atoms with Crippen molar-refractivity contribution in [1.29, 1.82) is 0 Å². The van der Waals surface area contributed by atoms with Crippen LogP contribution < -0.4 is 26.6 Å². The number of fused-ring (bicyclic) bond motifs is 2. The molecule has 1 aromatic carbocycles. The number of anilines is 3. The zero-order chi connectivity index (χ0) is 22.0. The third-order valence-corrected chi connectivity index (χ3v) is 4.80. The van der Waals surface area contributed by atoms with Crippen LogP contribution in [0.2, 0.25) is 0 Å². The molecule has 11 heteroatoms. The van der Waals surface area contributed by atoms with Crippen molar-refractivity contribution >= 4 is 29.5 Å². The molecule has 0 saturated carbocycles. The van der Waals surface area contributed by atoms with Crippen LogP contribution in [0.3, 0.4) is 0 Å². The van der Waals surface area contributed by atoms with E-state index in [1.54, 1.807) is 12.1 Å². The fraction of sp³-hybridized carbons (Fsp3) is 0.421. The van der Waals surface area contributed by atoms with Crippen LogP contribution in [0.15, 0.2) is 21.9 Å². The summed E-state index contributed by atoms with van der Waals surface area (Å²) in [6, 6.07) is 3.48. The number of aliphatic hydroxyl groups is 5. The monoisotopic (exact) mass is 419 g/mol. The lowest BCUT2D eigenvalue weighted by molar-refractivity contribution is -0.0726. The molecule has 2 heterocycles. The van der Waals surface area contributed by atoms with Crippen LogP contribution >= 0.6 is 0 Å². The maximum absolute atomic E-state index is 12.4. The molecule has 0 saturated heterocycles. The van der Waals surface area contributed by atoms with Crippen LogP contribution in [0, 0.1) is 6.92 Å². The average Bonchev–Trinajstić information content (AvgIpc) is 2.71. The molecular formula is C19H25N5O6. The van der Waals surface area contributed by atoms with Gasteiger partial charge in [-0.1, -0.05) is 6.58 Å². The predicted molar refractivity (Wildman–Crippen MR) is 110 cm³/mol. The Kier molecular flexibility index (Phi) is 6.48. The van der Waals surface area contributed by atoms with E-state index in [1.165, 1.54) is 4.90 Å². The molecule has 30 heavy (non-hydrogen) atoms. The van der Waals surface area contributed by atoms with E-state index in [-0.39, 0.29) is 29.8 Å². The Bertz CT molecular complexity index is 1090. The molecule has 2 aromatic rings. The number of nitrogens with zero attached hydrogens (tertiary/aromatic N) is 3. The van der Waals surface area contributed by atoms with Gasteiger partial charge < -0.3 is 40.7 Å².